The number of piperazine rings is 1. The Morgan fingerprint density at radius 1 is 1.07 bits per heavy atom. The van der Waals surface area contributed by atoms with Crippen LogP contribution in [-0.2, 0) is 6.54 Å². The summed E-state index contributed by atoms with van der Waals surface area (Å²) < 4.78 is 2.04. The van der Waals surface area contributed by atoms with Crippen LogP contribution in [0.1, 0.15) is 69.3 Å². The Labute approximate surface area is 168 Å². The first-order valence-corrected chi connectivity index (χ1v) is 11.3. The Bertz CT molecular complexity index is 701. The van der Waals surface area contributed by atoms with Crippen LogP contribution in [0.3, 0.4) is 0 Å². The second-order valence-electron chi connectivity index (χ2n) is 8.67. The lowest BCUT2D eigenvalue weighted by molar-refractivity contribution is -1.04. The smallest absolute Gasteiger partial charge is 0.209 e. The summed E-state index contributed by atoms with van der Waals surface area (Å²) in [6.45, 7) is 8.16. The number of benzene rings is 1. The second-order valence-corrected chi connectivity index (χ2v) is 8.67. The molecule has 1 aromatic carbocycles. The van der Waals surface area contributed by atoms with Crippen molar-refractivity contribution in [3.05, 3.63) is 41.7 Å². The zero-order chi connectivity index (χ0) is 19.2. The van der Waals surface area contributed by atoms with Crippen LogP contribution in [0.2, 0.25) is 0 Å². The minimum absolute atomic E-state index is 0.420. The molecule has 2 N–H and O–H groups in total. The predicted molar refractivity (Wildman–Crippen MR) is 109 cm³/mol. The highest BCUT2D eigenvalue weighted by Gasteiger charge is 2.36. The van der Waals surface area contributed by atoms with Crippen molar-refractivity contribution in [2.45, 2.75) is 70.5 Å². The van der Waals surface area contributed by atoms with Crippen LogP contribution < -0.4 is 9.80 Å². The molecule has 1 atom stereocenters. The van der Waals surface area contributed by atoms with Gasteiger partial charge < -0.3 is 9.80 Å². The van der Waals surface area contributed by atoms with Crippen molar-refractivity contribution < 1.29 is 9.80 Å². The lowest BCUT2D eigenvalue weighted by Crippen LogP contribution is -3.29. The molecule has 4 rings (SSSR count). The number of nitrogens with zero attached hydrogens (tertiary/aromatic N) is 4. The quantitative estimate of drug-likeness (QED) is 0.704. The lowest BCUT2D eigenvalue weighted by atomic mass is 10.1. The largest absolute Gasteiger partial charge is 0.323 e. The Hall–Kier alpha value is -1.79. The van der Waals surface area contributed by atoms with Crippen molar-refractivity contribution in [3.8, 4) is 0 Å². The van der Waals surface area contributed by atoms with Crippen LogP contribution in [0, 0.1) is 0 Å². The van der Waals surface area contributed by atoms with Crippen LogP contribution in [0.15, 0.2) is 30.3 Å². The molecule has 2 fully saturated rings. The van der Waals surface area contributed by atoms with Gasteiger partial charge in [-0.3, -0.25) is 0 Å². The average molecular weight is 385 g/mol. The molecule has 0 radical (unpaired) electrons. The molecule has 1 aliphatic carbocycles. The van der Waals surface area contributed by atoms with E-state index in [1.54, 1.807) is 4.90 Å². The summed E-state index contributed by atoms with van der Waals surface area (Å²) in [6, 6.07) is 11.9. The van der Waals surface area contributed by atoms with Gasteiger partial charge in [-0.25, -0.2) is 4.68 Å². The molecule has 0 spiro atoms. The molecule has 2 aliphatic rings. The van der Waals surface area contributed by atoms with E-state index in [0.717, 1.165) is 18.4 Å². The van der Waals surface area contributed by atoms with E-state index < -0.39 is 0 Å². The number of quaternary nitrogens is 2. The topological polar surface area (TPSA) is 52.5 Å². The number of aromatic nitrogens is 4. The fourth-order valence-electron chi connectivity index (χ4n) is 5.24. The second kappa shape index (κ2) is 9.61. The summed E-state index contributed by atoms with van der Waals surface area (Å²) >= 11 is 0. The Morgan fingerprint density at radius 2 is 1.82 bits per heavy atom. The molecule has 0 bridgehead atoms. The van der Waals surface area contributed by atoms with E-state index in [1.807, 2.05) is 9.58 Å². The Balaban J connectivity index is 1.45. The van der Waals surface area contributed by atoms with Crippen LogP contribution in [-0.4, -0.2) is 52.4 Å². The van der Waals surface area contributed by atoms with Gasteiger partial charge >= 0.3 is 0 Å². The first-order valence-electron chi connectivity index (χ1n) is 11.3. The third kappa shape index (κ3) is 4.61. The van der Waals surface area contributed by atoms with Crippen LogP contribution >= 0.6 is 0 Å². The van der Waals surface area contributed by atoms with Crippen molar-refractivity contribution in [3.63, 3.8) is 0 Å². The number of tetrazole rings is 1. The van der Waals surface area contributed by atoms with Crippen LogP contribution in [0.4, 0.5) is 0 Å². The maximum Gasteiger partial charge on any atom is 0.209 e. The molecule has 2 heterocycles. The fraction of sp³-hybridized carbons (Fsp3) is 0.682. The standard InChI is InChI=1S/C22H34N6/c1-2-3-13-21(27-16-14-26(15-17-27)20-11-7-8-12-20)22-23-24-25-28(22)18-19-9-5-4-6-10-19/h4-6,9-10,20-21H,2-3,7-8,11-18H2,1H3/p+2/t21-/m1/s1. The van der Waals surface area contributed by atoms with Crippen molar-refractivity contribution in [2.75, 3.05) is 26.2 Å². The average Bonchev–Trinajstić information content (AvgIpc) is 3.42. The van der Waals surface area contributed by atoms with Gasteiger partial charge in [-0.1, -0.05) is 43.7 Å². The first-order chi connectivity index (χ1) is 13.8. The van der Waals surface area contributed by atoms with E-state index in [0.29, 0.717) is 6.04 Å². The maximum atomic E-state index is 4.51. The number of unbranched alkanes of at least 4 members (excludes halogenated alkanes) is 1. The van der Waals surface area contributed by atoms with Gasteiger partial charge in [0.1, 0.15) is 32.2 Å². The summed E-state index contributed by atoms with van der Waals surface area (Å²) in [5.41, 5.74) is 1.26. The van der Waals surface area contributed by atoms with Gasteiger partial charge in [0.2, 0.25) is 5.82 Å². The van der Waals surface area contributed by atoms with Crippen molar-refractivity contribution in [1.82, 2.24) is 20.2 Å². The van der Waals surface area contributed by atoms with Crippen molar-refractivity contribution in [2.24, 2.45) is 0 Å². The van der Waals surface area contributed by atoms with E-state index in [-0.39, 0.29) is 0 Å². The van der Waals surface area contributed by atoms with Crippen LogP contribution in [0.25, 0.3) is 0 Å². The summed E-state index contributed by atoms with van der Waals surface area (Å²) in [4.78, 5) is 3.55. The third-order valence-corrected chi connectivity index (χ3v) is 6.85. The molecular formula is C22H36N6+2. The lowest BCUT2D eigenvalue weighted by Gasteiger charge is -2.36. The Morgan fingerprint density at radius 3 is 2.54 bits per heavy atom. The molecule has 6 nitrogen and oxygen atoms in total. The highest BCUT2D eigenvalue weighted by atomic mass is 15.6. The summed E-state index contributed by atoms with van der Waals surface area (Å²) in [5, 5.41) is 12.9. The molecule has 1 saturated heterocycles. The van der Waals surface area contributed by atoms with Gasteiger partial charge in [0, 0.05) is 6.42 Å². The van der Waals surface area contributed by atoms with Crippen molar-refractivity contribution >= 4 is 0 Å². The fourth-order valence-corrected chi connectivity index (χ4v) is 5.24. The van der Waals surface area contributed by atoms with Gasteiger partial charge in [0.05, 0.1) is 12.6 Å². The molecule has 2 aromatic rings. The van der Waals surface area contributed by atoms with Gasteiger partial charge in [-0.15, -0.1) is 5.10 Å². The van der Waals surface area contributed by atoms with Crippen molar-refractivity contribution in [1.29, 1.82) is 0 Å². The van der Waals surface area contributed by atoms with Gasteiger partial charge in [0.25, 0.3) is 0 Å². The van der Waals surface area contributed by atoms with Crippen LogP contribution in [0.5, 0.6) is 0 Å². The predicted octanol–water partition coefficient (Wildman–Crippen LogP) is 0.679. The highest BCUT2D eigenvalue weighted by molar-refractivity contribution is 5.15. The molecular weight excluding hydrogens is 348 g/mol. The molecule has 1 aromatic heterocycles. The summed E-state index contributed by atoms with van der Waals surface area (Å²) in [7, 11) is 0. The number of hydrogen-bond acceptors (Lipinski definition) is 3. The highest BCUT2D eigenvalue weighted by Crippen LogP contribution is 2.17. The maximum absolute atomic E-state index is 4.51. The SMILES string of the molecule is CCCC[C@H](c1nnnn1Cc1ccccc1)[NH+]1CC[NH+](C2CCCC2)CC1. The van der Waals surface area contributed by atoms with E-state index in [4.69, 9.17) is 0 Å². The van der Waals surface area contributed by atoms with E-state index >= 15 is 0 Å². The molecule has 152 valence electrons. The van der Waals surface area contributed by atoms with Gasteiger partial charge in [-0.2, -0.15) is 0 Å². The zero-order valence-electron chi connectivity index (χ0n) is 17.3. The van der Waals surface area contributed by atoms with Gasteiger partial charge in [-0.05, 0) is 48.1 Å². The number of rotatable bonds is 8. The van der Waals surface area contributed by atoms with E-state index in [2.05, 4.69) is 52.8 Å². The summed E-state index contributed by atoms with van der Waals surface area (Å²) in [5.74, 6) is 1.08. The summed E-state index contributed by atoms with van der Waals surface area (Å²) in [6.07, 6.45) is 9.42. The molecule has 28 heavy (non-hydrogen) atoms. The number of nitrogens with one attached hydrogen (secondary N) is 2. The molecule has 6 heteroatoms. The first kappa shape index (κ1) is 19.5. The minimum Gasteiger partial charge on any atom is -0.323 e. The molecule has 1 aliphatic heterocycles. The Kier molecular flexibility index (Phi) is 6.70. The normalized spacial score (nSPS) is 24.5. The van der Waals surface area contributed by atoms with Gasteiger partial charge in [0.15, 0.2) is 0 Å². The minimum atomic E-state index is 0.420. The third-order valence-electron chi connectivity index (χ3n) is 6.85. The number of hydrogen-bond donors (Lipinski definition) is 2. The molecule has 0 unspecified atom stereocenters. The van der Waals surface area contributed by atoms with E-state index in [1.165, 1.54) is 76.7 Å². The monoisotopic (exact) mass is 384 g/mol. The zero-order valence-corrected chi connectivity index (χ0v) is 17.3. The van der Waals surface area contributed by atoms with E-state index in [9.17, 15) is 0 Å². The molecule has 0 amide bonds. The molecule has 1 saturated carbocycles.